The van der Waals surface area contributed by atoms with Crippen LogP contribution in [0.1, 0.15) is 25.8 Å². The van der Waals surface area contributed by atoms with Crippen molar-refractivity contribution in [2.75, 3.05) is 0 Å². The minimum Gasteiger partial charge on any atom is -0.491 e. The quantitative estimate of drug-likeness (QED) is 0.775. The first-order valence-electron chi connectivity index (χ1n) is 6.65. The van der Waals surface area contributed by atoms with Crippen molar-refractivity contribution in [1.29, 1.82) is 0 Å². The van der Waals surface area contributed by atoms with Gasteiger partial charge >= 0.3 is 0 Å². The zero-order chi connectivity index (χ0) is 14.5. The molecule has 1 heterocycles. The minimum atomic E-state index is 0.204. The van der Waals surface area contributed by atoms with E-state index in [9.17, 15) is 0 Å². The summed E-state index contributed by atoms with van der Waals surface area (Å²) in [6.07, 6.45) is 2.90. The van der Waals surface area contributed by atoms with Gasteiger partial charge in [-0.3, -0.25) is 0 Å². The molecule has 0 bridgehead atoms. The first-order chi connectivity index (χ1) is 9.58. The summed E-state index contributed by atoms with van der Waals surface area (Å²) in [6, 6.07) is 9.27. The number of aryl methyl sites for hydroxylation is 1. The second kappa shape index (κ2) is 6.62. The molecule has 0 spiro atoms. The van der Waals surface area contributed by atoms with Gasteiger partial charge in [-0.25, -0.2) is 4.98 Å². The van der Waals surface area contributed by atoms with E-state index >= 15 is 0 Å². The first kappa shape index (κ1) is 14.7. The van der Waals surface area contributed by atoms with Crippen LogP contribution in [-0.2, 0) is 0 Å². The Morgan fingerprint density at radius 2 is 1.85 bits per heavy atom. The van der Waals surface area contributed by atoms with Crippen LogP contribution in [0.25, 0.3) is 0 Å². The van der Waals surface area contributed by atoms with E-state index in [1.165, 1.54) is 0 Å². The van der Waals surface area contributed by atoms with Crippen molar-refractivity contribution in [3.63, 3.8) is 0 Å². The molecule has 1 atom stereocenters. The third-order valence-corrected chi connectivity index (χ3v) is 3.17. The standard InChI is InChI=1S/C16H18ClNO2/c1-4-12(3)19-13-5-7-14(8-6-13)20-16-15(17)9-11(2)10-18-16/h5-10,12H,4H2,1-3H3. The number of halogens is 1. The van der Waals surface area contributed by atoms with Crippen molar-refractivity contribution in [3.05, 3.63) is 47.1 Å². The minimum absolute atomic E-state index is 0.204. The third-order valence-electron chi connectivity index (χ3n) is 2.89. The average Bonchev–Trinajstić information content (AvgIpc) is 2.44. The van der Waals surface area contributed by atoms with E-state index in [0.29, 0.717) is 16.7 Å². The van der Waals surface area contributed by atoms with E-state index in [-0.39, 0.29) is 6.10 Å². The smallest absolute Gasteiger partial charge is 0.238 e. The highest BCUT2D eigenvalue weighted by atomic mass is 35.5. The molecule has 1 aromatic heterocycles. The topological polar surface area (TPSA) is 31.4 Å². The lowest BCUT2D eigenvalue weighted by Gasteiger charge is -2.13. The Labute approximate surface area is 124 Å². The number of ether oxygens (including phenoxy) is 2. The number of nitrogens with zero attached hydrogens (tertiary/aromatic N) is 1. The highest BCUT2D eigenvalue weighted by Gasteiger charge is 2.06. The van der Waals surface area contributed by atoms with Crippen molar-refractivity contribution in [2.24, 2.45) is 0 Å². The van der Waals surface area contributed by atoms with Gasteiger partial charge in [0.15, 0.2) is 0 Å². The number of aromatic nitrogens is 1. The lowest BCUT2D eigenvalue weighted by molar-refractivity contribution is 0.217. The monoisotopic (exact) mass is 291 g/mol. The maximum atomic E-state index is 6.09. The van der Waals surface area contributed by atoms with Gasteiger partial charge < -0.3 is 9.47 Å². The molecule has 3 nitrogen and oxygen atoms in total. The fraction of sp³-hybridized carbons (Fsp3) is 0.312. The summed E-state index contributed by atoms with van der Waals surface area (Å²) in [5.41, 5.74) is 1.000. The second-order valence-electron chi connectivity index (χ2n) is 4.71. The van der Waals surface area contributed by atoms with E-state index in [2.05, 4.69) is 11.9 Å². The molecule has 0 radical (unpaired) electrons. The molecule has 2 aromatic rings. The third kappa shape index (κ3) is 3.87. The molecule has 0 saturated carbocycles. The highest BCUT2D eigenvalue weighted by Crippen LogP contribution is 2.28. The van der Waals surface area contributed by atoms with Gasteiger partial charge in [0.25, 0.3) is 0 Å². The molecule has 106 valence electrons. The molecule has 2 rings (SSSR count). The predicted molar refractivity (Wildman–Crippen MR) is 80.9 cm³/mol. The van der Waals surface area contributed by atoms with E-state index in [4.69, 9.17) is 21.1 Å². The molecule has 1 unspecified atom stereocenters. The van der Waals surface area contributed by atoms with Crippen LogP contribution in [0.4, 0.5) is 0 Å². The number of hydrogen-bond acceptors (Lipinski definition) is 3. The summed E-state index contributed by atoms with van der Waals surface area (Å²) < 4.78 is 11.4. The zero-order valence-corrected chi connectivity index (χ0v) is 12.6. The van der Waals surface area contributed by atoms with E-state index in [1.54, 1.807) is 6.20 Å². The Hall–Kier alpha value is -1.74. The first-order valence-corrected chi connectivity index (χ1v) is 7.03. The van der Waals surface area contributed by atoms with Crippen LogP contribution in [0.15, 0.2) is 36.5 Å². The predicted octanol–water partition coefficient (Wildman–Crippen LogP) is 5.01. The number of hydrogen-bond donors (Lipinski definition) is 0. The lowest BCUT2D eigenvalue weighted by Crippen LogP contribution is -2.09. The van der Waals surface area contributed by atoms with Crippen LogP contribution >= 0.6 is 11.6 Å². The normalized spacial score (nSPS) is 12.0. The molecule has 0 saturated heterocycles. The van der Waals surface area contributed by atoms with Crippen LogP contribution in [0.5, 0.6) is 17.4 Å². The van der Waals surface area contributed by atoms with Crippen molar-refractivity contribution in [1.82, 2.24) is 4.98 Å². The fourth-order valence-corrected chi connectivity index (χ4v) is 1.87. The van der Waals surface area contributed by atoms with Crippen molar-refractivity contribution in [3.8, 4) is 17.4 Å². The van der Waals surface area contributed by atoms with Gasteiger partial charge in [-0.1, -0.05) is 18.5 Å². The molecule has 0 amide bonds. The van der Waals surface area contributed by atoms with Crippen LogP contribution in [-0.4, -0.2) is 11.1 Å². The Morgan fingerprint density at radius 3 is 2.45 bits per heavy atom. The molecule has 0 aliphatic heterocycles. The van der Waals surface area contributed by atoms with Crippen molar-refractivity contribution < 1.29 is 9.47 Å². The van der Waals surface area contributed by atoms with Gasteiger partial charge in [-0.15, -0.1) is 0 Å². The number of benzene rings is 1. The van der Waals surface area contributed by atoms with Crippen LogP contribution in [0.2, 0.25) is 5.02 Å². The second-order valence-corrected chi connectivity index (χ2v) is 5.12. The van der Waals surface area contributed by atoms with E-state index in [0.717, 1.165) is 17.7 Å². The van der Waals surface area contributed by atoms with Gasteiger partial charge in [-0.2, -0.15) is 0 Å². The molecule has 0 aliphatic carbocycles. The fourth-order valence-electron chi connectivity index (χ4n) is 1.61. The zero-order valence-electron chi connectivity index (χ0n) is 11.9. The Balaban J connectivity index is 2.07. The number of pyridine rings is 1. The summed E-state index contributed by atoms with van der Waals surface area (Å²) in [5.74, 6) is 1.92. The molecule has 1 aromatic carbocycles. The number of rotatable bonds is 5. The Kier molecular flexibility index (Phi) is 4.85. The van der Waals surface area contributed by atoms with Gasteiger partial charge in [0.1, 0.15) is 16.5 Å². The lowest BCUT2D eigenvalue weighted by atomic mass is 10.3. The maximum Gasteiger partial charge on any atom is 0.238 e. The average molecular weight is 292 g/mol. The van der Waals surface area contributed by atoms with Gasteiger partial charge in [0, 0.05) is 6.20 Å². The summed E-state index contributed by atoms with van der Waals surface area (Å²) in [6.45, 7) is 6.07. The summed E-state index contributed by atoms with van der Waals surface area (Å²) in [5, 5.41) is 0.505. The summed E-state index contributed by atoms with van der Waals surface area (Å²) in [7, 11) is 0. The van der Waals surface area contributed by atoms with Crippen LogP contribution < -0.4 is 9.47 Å². The molecule has 0 aliphatic rings. The molecule has 4 heteroatoms. The van der Waals surface area contributed by atoms with Crippen molar-refractivity contribution >= 4 is 11.6 Å². The van der Waals surface area contributed by atoms with Gasteiger partial charge in [-0.05, 0) is 56.2 Å². The molecular formula is C16H18ClNO2. The van der Waals surface area contributed by atoms with Crippen LogP contribution in [0.3, 0.4) is 0 Å². The highest BCUT2D eigenvalue weighted by molar-refractivity contribution is 6.31. The van der Waals surface area contributed by atoms with Crippen molar-refractivity contribution in [2.45, 2.75) is 33.3 Å². The largest absolute Gasteiger partial charge is 0.491 e. The van der Waals surface area contributed by atoms with Crippen LogP contribution in [0, 0.1) is 6.92 Å². The Bertz CT molecular complexity index is 569. The van der Waals surface area contributed by atoms with Gasteiger partial charge in [0.2, 0.25) is 5.88 Å². The SMILES string of the molecule is CCC(C)Oc1ccc(Oc2ncc(C)cc2Cl)cc1. The Morgan fingerprint density at radius 1 is 1.20 bits per heavy atom. The molecule has 20 heavy (non-hydrogen) atoms. The van der Waals surface area contributed by atoms with Gasteiger partial charge in [0.05, 0.1) is 6.10 Å². The molecule has 0 N–H and O–H groups in total. The van der Waals surface area contributed by atoms with E-state index < -0.39 is 0 Å². The molecule has 0 fully saturated rings. The van der Waals surface area contributed by atoms with E-state index in [1.807, 2.05) is 44.2 Å². The summed E-state index contributed by atoms with van der Waals surface area (Å²) in [4.78, 5) is 4.17. The molecular weight excluding hydrogens is 274 g/mol. The summed E-state index contributed by atoms with van der Waals surface area (Å²) >= 11 is 6.09. The maximum absolute atomic E-state index is 6.09.